The lowest BCUT2D eigenvalue weighted by atomic mass is 10.1. The number of nitrogens with one attached hydrogen (secondary N) is 1. The predicted octanol–water partition coefficient (Wildman–Crippen LogP) is 2.46. The summed E-state index contributed by atoms with van der Waals surface area (Å²) in [5, 5.41) is 3.35. The van der Waals surface area contributed by atoms with E-state index in [1.54, 1.807) is 11.3 Å². The second-order valence-electron chi connectivity index (χ2n) is 3.30. The molecule has 74 valence electrons. The van der Waals surface area contributed by atoms with Crippen LogP contribution < -0.4 is 5.32 Å². The van der Waals surface area contributed by atoms with Crippen LogP contribution in [0.25, 0.3) is 0 Å². The van der Waals surface area contributed by atoms with E-state index in [-0.39, 0.29) is 0 Å². The number of hydrogen-bond donors (Lipinski definition) is 1. The Morgan fingerprint density at radius 2 is 2.46 bits per heavy atom. The molecule has 0 spiro atoms. The molecule has 0 radical (unpaired) electrons. The molecule has 3 heteroatoms. The lowest BCUT2D eigenvalue weighted by Crippen LogP contribution is -2.27. The van der Waals surface area contributed by atoms with E-state index in [4.69, 9.17) is 0 Å². The quantitative estimate of drug-likeness (QED) is 0.759. The predicted molar refractivity (Wildman–Crippen MR) is 58.2 cm³/mol. The third-order valence-electron chi connectivity index (χ3n) is 2.25. The highest BCUT2D eigenvalue weighted by molar-refractivity contribution is 7.09. The van der Waals surface area contributed by atoms with E-state index in [2.05, 4.69) is 17.2 Å². The van der Waals surface area contributed by atoms with Crippen LogP contribution in [-0.2, 0) is 6.42 Å². The van der Waals surface area contributed by atoms with Gasteiger partial charge in [0.25, 0.3) is 0 Å². The molecule has 0 aliphatic heterocycles. The van der Waals surface area contributed by atoms with Crippen LogP contribution in [0.4, 0.5) is 0 Å². The molecule has 1 aromatic heterocycles. The summed E-state index contributed by atoms with van der Waals surface area (Å²) in [6, 6.07) is 0.625. The third kappa shape index (κ3) is 3.87. The number of unbranched alkanes of at least 4 members (excludes halogenated alkanes) is 1. The average Bonchev–Trinajstić information content (AvgIpc) is 2.64. The van der Waals surface area contributed by atoms with Crippen LogP contribution in [0.2, 0.25) is 0 Å². The molecule has 1 N–H and O–H groups in total. The Balaban J connectivity index is 2.31. The van der Waals surface area contributed by atoms with Gasteiger partial charge in [-0.25, -0.2) is 0 Å². The van der Waals surface area contributed by atoms with E-state index in [1.165, 1.54) is 24.1 Å². The summed E-state index contributed by atoms with van der Waals surface area (Å²) in [4.78, 5) is 5.47. The van der Waals surface area contributed by atoms with Crippen molar-refractivity contribution in [1.82, 2.24) is 10.3 Å². The van der Waals surface area contributed by atoms with Gasteiger partial charge in [0.1, 0.15) is 0 Å². The van der Waals surface area contributed by atoms with Crippen LogP contribution in [0.3, 0.4) is 0 Å². The molecule has 2 nitrogen and oxygen atoms in total. The molecule has 0 bridgehead atoms. The van der Waals surface area contributed by atoms with Crippen molar-refractivity contribution in [3.8, 4) is 0 Å². The second kappa shape index (κ2) is 6.11. The van der Waals surface area contributed by atoms with Crippen molar-refractivity contribution in [3.63, 3.8) is 0 Å². The molecule has 0 aliphatic carbocycles. The smallest absolute Gasteiger partial charge is 0.0794 e. The summed E-state index contributed by atoms with van der Waals surface area (Å²) in [6.07, 6.45) is 6.96. The number of rotatable bonds is 6. The molecule has 0 amide bonds. The fraction of sp³-hybridized carbons (Fsp3) is 0.700. The first kappa shape index (κ1) is 10.7. The highest BCUT2D eigenvalue weighted by Crippen LogP contribution is 2.11. The van der Waals surface area contributed by atoms with Gasteiger partial charge >= 0.3 is 0 Å². The number of thiazole rings is 1. The minimum Gasteiger partial charge on any atom is -0.317 e. The molecular weight excluding hydrogens is 180 g/mol. The van der Waals surface area contributed by atoms with Crippen molar-refractivity contribution in [3.05, 3.63) is 16.6 Å². The molecule has 1 rings (SSSR count). The SMILES string of the molecule is CCCCC(Cc1cncs1)NC. The van der Waals surface area contributed by atoms with Crippen molar-refractivity contribution < 1.29 is 0 Å². The van der Waals surface area contributed by atoms with Crippen LogP contribution in [0.15, 0.2) is 11.7 Å². The second-order valence-corrected chi connectivity index (χ2v) is 4.27. The molecule has 13 heavy (non-hydrogen) atoms. The maximum atomic E-state index is 4.08. The molecule has 0 saturated heterocycles. The van der Waals surface area contributed by atoms with Crippen molar-refractivity contribution in [2.45, 2.75) is 38.6 Å². The molecule has 0 fully saturated rings. The summed E-state index contributed by atoms with van der Waals surface area (Å²) in [6.45, 7) is 2.24. The van der Waals surface area contributed by atoms with Crippen molar-refractivity contribution in [2.75, 3.05) is 7.05 Å². The van der Waals surface area contributed by atoms with Crippen LogP contribution in [0.1, 0.15) is 31.1 Å². The molecule has 0 saturated carbocycles. The van der Waals surface area contributed by atoms with Gasteiger partial charge in [-0.15, -0.1) is 11.3 Å². The Bertz CT molecular complexity index is 209. The first-order valence-corrected chi connectivity index (χ1v) is 5.79. The fourth-order valence-electron chi connectivity index (χ4n) is 1.38. The highest BCUT2D eigenvalue weighted by Gasteiger charge is 2.06. The summed E-state index contributed by atoms with van der Waals surface area (Å²) >= 11 is 1.75. The van der Waals surface area contributed by atoms with Crippen molar-refractivity contribution in [2.24, 2.45) is 0 Å². The normalized spacial score (nSPS) is 13.1. The Labute approximate surface area is 84.4 Å². The van der Waals surface area contributed by atoms with Gasteiger partial charge in [0.2, 0.25) is 0 Å². The summed E-state index contributed by atoms with van der Waals surface area (Å²) < 4.78 is 0. The Morgan fingerprint density at radius 3 is 3.00 bits per heavy atom. The molecule has 1 atom stereocenters. The molecule has 0 aromatic carbocycles. The zero-order valence-corrected chi connectivity index (χ0v) is 9.23. The summed E-state index contributed by atoms with van der Waals surface area (Å²) in [5.74, 6) is 0. The fourth-order valence-corrected chi connectivity index (χ4v) is 2.06. The minimum atomic E-state index is 0.625. The average molecular weight is 198 g/mol. The zero-order valence-electron chi connectivity index (χ0n) is 8.42. The lowest BCUT2D eigenvalue weighted by molar-refractivity contribution is 0.501. The number of nitrogens with zero attached hydrogens (tertiary/aromatic N) is 1. The van der Waals surface area contributed by atoms with Gasteiger partial charge in [-0.3, -0.25) is 4.98 Å². The van der Waals surface area contributed by atoms with E-state index >= 15 is 0 Å². The highest BCUT2D eigenvalue weighted by atomic mass is 32.1. The van der Waals surface area contributed by atoms with E-state index in [0.717, 1.165) is 6.42 Å². The largest absolute Gasteiger partial charge is 0.317 e. The lowest BCUT2D eigenvalue weighted by Gasteiger charge is -2.13. The van der Waals surface area contributed by atoms with Gasteiger partial charge in [-0.05, 0) is 19.9 Å². The Morgan fingerprint density at radius 1 is 1.62 bits per heavy atom. The topological polar surface area (TPSA) is 24.9 Å². The minimum absolute atomic E-state index is 0.625. The first-order valence-electron chi connectivity index (χ1n) is 4.91. The Hall–Kier alpha value is -0.410. The van der Waals surface area contributed by atoms with Gasteiger partial charge in [-0.2, -0.15) is 0 Å². The number of hydrogen-bond acceptors (Lipinski definition) is 3. The molecule has 1 unspecified atom stereocenters. The van der Waals surface area contributed by atoms with E-state index < -0.39 is 0 Å². The van der Waals surface area contributed by atoms with Crippen LogP contribution in [0, 0.1) is 0 Å². The van der Waals surface area contributed by atoms with Crippen LogP contribution >= 0.6 is 11.3 Å². The van der Waals surface area contributed by atoms with Crippen LogP contribution in [0.5, 0.6) is 0 Å². The maximum absolute atomic E-state index is 4.08. The molecule has 1 aromatic rings. The van der Waals surface area contributed by atoms with Gasteiger partial charge in [0.15, 0.2) is 0 Å². The van der Waals surface area contributed by atoms with Gasteiger partial charge in [-0.1, -0.05) is 19.8 Å². The van der Waals surface area contributed by atoms with Gasteiger partial charge < -0.3 is 5.32 Å². The molecular formula is C10H18N2S. The third-order valence-corrected chi connectivity index (χ3v) is 3.05. The van der Waals surface area contributed by atoms with Gasteiger partial charge in [0.05, 0.1) is 5.51 Å². The maximum Gasteiger partial charge on any atom is 0.0794 e. The van der Waals surface area contributed by atoms with Crippen LogP contribution in [-0.4, -0.2) is 18.1 Å². The van der Waals surface area contributed by atoms with Gasteiger partial charge in [0, 0.05) is 17.1 Å². The molecule has 0 aliphatic rings. The first-order chi connectivity index (χ1) is 6.36. The van der Waals surface area contributed by atoms with E-state index in [0.29, 0.717) is 6.04 Å². The van der Waals surface area contributed by atoms with Crippen molar-refractivity contribution >= 4 is 11.3 Å². The van der Waals surface area contributed by atoms with Crippen molar-refractivity contribution in [1.29, 1.82) is 0 Å². The Kier molecular flexibility index (Phi) is 5.01. The van der Waals surface area contributed by atoms with E-state index in [1.807, 2.05) is 18.8 Å². The zero-order chi connectivity index (χ0) is 9.52. The summed E-state index contributed by atoms with van der Waals surface area (Å²) in [5.41, 5.74) is 1.90. The monoisotopic (exact) mass is 198 g/mol. The number of likely N-dealkylation sites (N-methyl/N-ethyl adjacent to an activating group) is 1. The molecule has 1 heterocycles. The van der Waals surface area contributed by atoms with E-state index in [9.17, 15) is 0 Å². The summed E-state index contributed by atoms with van der Waals surface area (Å²) in [7, 11) is 2.04. The standard InChI is InChI=1S/C10H18N2S/c1-3-4-5-9(11-2)6-10-7-12-8-13-10/h7-9,11H,3-6H2,1-2H3. The number of aromatic nitrogens is 1.